The molecule has 16 heavy (non-hydrogen) atoms. The van der Waals surface area contributed by atoms with E-state index < -0.39 is 0 Å². The molecular formula is C12H13Br2ClO. The Labute approximate surface area is 118 Å². The standard InChI is InChI=1S/C12H13Br2ClO/c1-7(2)12(16)9(13)6-8-4-3-5-10(15)11(8)14/h3-5,7,9H,6H2,1-2H3. The molecule has 0 spiro atoms. The third kappa shape index (κ3) is 3.57. The number of ketones is 1. The number of halogens is 3. The van der Waals surface area contributed by atoms with Crippen LogP contribution in [-0.2, 0) is 11.2 Å². The van der Waals surface area contributed by atoms with Gasteiger partial charge in [-0.3, -0.25) is 4.79 Å². The Balaban J connectivity index is 2.81. The van der Waals surface area contributed by atoms with Crippen molar-refractivity contribution in [2.45, 2.75) is 25.1 Å². The normalized spacial score (nSPS) is 12.9. The van der Waals surface area contributed by atoms with Crippen molar-refractivity contribution in [3.8, 4) is 0 Å². The first-order valence-electron chi connectivity index (χ1n) is 5.04. The first-order valence-corrected chi connectivity index (χ1v) is 7.12. The molecule has 0 aliphatic heterocycles. The number of hydrogen-bond donors (Lipinski definition) is 0. The largest absolute Gasteiger partial charge is 0.298 e. The average molecular weight is 368 g/mol. The summed E-state index contributed by atoms with van der Waals surface area (Å²) in [5.74, 6) is 0.259. The predicted octanol–water partition coefficient (Wildman–Crippen LogP) is 4.63. The first-order chi connectivity index (χ1) is 7.43. The lowest BCUT2D eigenvalue weighted by Gasteiger charge is -2.13. The molecule has 0 saturated carbocycles. The van der Waals surface area contributed by atoms with E-state index in [1.807, 2.05) is 32.0 Å². The fourth-order valence-electron chi connectivity index (χ4n) is 1.36. The second-order valence-electron chi connectivity index (χ2n) is 3.94. The molecule has 0 bridgehead atoms. The maximum absolute atomic E-state index is 11.7. The van der Waals surface area contributed by atoms with Gasteiger partial charge in [0, 0.05) is 10.4 Å². The summed E-state index contributed by atoms with van der Waals surface area (Å²) in [7, 11) is 0. The van der Waals surface area contributed by atoms with E-state index in [4.69, 9.17) is 11.6 Å². The minimum atomic E-state index is -0.151. The fraction of sp³-hybridized carbons (Fsp3) is 0.417. The summed E-state index contributed by atoms with van der Waals surface area (Å²) in [6.07, 6.45) is 0.651. The van der Waals surface area contributed by atoms with Gasteiger partial charge in [-0.1, -0.05) is 53.5 Å². The lowest BCUT2D eigenvalue weighted by atomic mass is 10.0. The summed E-state index contributed by atoms with van der Waals surface area (Å²) >= 11 is 12.8. The maximum Gasteiger partial charge on any atom is 0.149 e. The van der Waals surface area contributed by atoms with Crippen LogP contribution in [0.25, 0.3) is 0 Å². The maximum atomic E-state index is 11.7. The van der Waals surface area contributed by atoms with Gasteiger partial charge < -0.3 is 0 Å². The van der Waals surface area contributed by atoms with Crippen molar-refractivity contribution >= 4 is 49.2 Å². The van der Waals surface area contributed by atoms with Crippen LogP contribution in [0.15, 0.2) is 22.7 Å². The monoisotopic (exact) mass is 366 g/mol. The molecule has 0 fully saturated rings. The molecule has 0 radical (unpaired) electrons. The van der Waals surface area contributed by atoms with Gasteiger partial charge in [0.15, 0.2) is 0 Å². The van der Waals surface area contributed by atoms with E-state index in [0.29, 0.717) is 11.4 Å². The molecule has 0 N–H and O–H groups in total. The smallest absolute Gasteiger partial charge is 0.149 e. The van der Waals surface area contributed by atoms with Gasteiger partial charge in [0.2, 0.25) is 0 Å². The Bertz CT molecular complexity index is 391. The fourth-order valence-corrected chi connectivity index (χ4v) is 2.86. The number of benzene rings is 1. The van der Waals surface area contributed by atoms with E-state index in [9.17, 15) is 4.79 Å². The molecule has 4 heteroatoms. The van der Waals surface area contributed by atoms with Crippen molar-refractivity contribution in [1.29, 1.82) is 0 Å². The molecular weight excluding hydrogens is 355 g/mol. The minimum absolute atomic E-state index is 0.0438. The zero-order valence-electron chi connectivity index (χ0n) is 9.14. The number of carbonyl (C=O) groups is 1. The van der Waals surface area contributed by atoms with Crippen molar-refractivity contribution in [2.75, 3.05) is 0 Å². The Kier molecular flexibility index (Phi) is 5.48. The average Bonchev–Trinajstić information content (AvgIpc) is 2.23. The summed E-state index contributed by atoms with van der Waals surface area (Å²) < 4.78 is 0.873. The summed E-state index contributed by atoms with van der Waals surface area (Å²) in [6, 6.07) is 5.68. The highest BCUT2D eigenvalue weighted by molar-refractivity contribution is 9.10. The molecule has 0 saturated heterocycles. The highest BCUT2D eigenvalue weighted by Gasteiger charge is 2.19. The third-order valence-electron chi connectivity index (χ3n) is 2.31. The SMILES string of the molecule is CC(C)C(=O)C(Br)Cc1cccc(Cl)c1Br. The lowest BCUT2D eigenvalue weighted by molar-refractivity contribution is -0.121. The molecule has 88 valence electrons. The zero-order chi connectivity index (χ0) is 12.3. The molecule has 1 atom stereocenters. The van der Waals surface area contributed by atoms with Crippen LogP contribution < -0.4 is 0 Å². The predicted molar refractivity (Wildman–Crippen MR) is 75.4 cm³/mol. The molecule has 0 aliphatic rings. The van der Waals surface area contributed by atoms with Crippen LogP contribution in [-0.4, -0.2) is 10.6 Å². The number of hydrogen-bond acceptors (Lipinski definition) is 1. The van der Waals surface area contributed by atoms with Gasteiger partial charge in [-0.25, -0.2) is 0 Å². The van der Waals surface area contributed by atoms with Crippen LogP contribution in [0.3, 0.4) is 0 Å². The molecule has 0 amide bonds. The molecule has 0 heterocycles. The van der Waals surface area contributed by atoms with Gasteiger partial charge in [0.05, 0.1) is 9.85 Å². The highest BCUT2D eigenvalue weighted by atomic mass is 79.9. The molecule has 1 nitrogen and oxygen atoms in total. The van der Waals surface area contributed by atoms with Gasteiger partial charge in [-0.05, 0) is 34.0 Å². The van der Waals surface area contributed by atoms with Crippen molar-refractivity contribution in [3.63, 3.8) is 0 Å². The topological polar surface area (TPSA) is 17.1 Å². The number of rotatable bonds is 4. The van der Waals surface area contributed by atoms with E-state index in [2.05, 4.69) is 31.9 Å². The van der Waals surface area contributed by atoms with Gasteiger partial charge in [0.1, 0.15) is 5.78 Å². The van der Waals surface area contributed by atoms with Gasteiger partial charge in [0.25, 0.3) is 0 Å². The van der Waals surface area contributed by atoms with Crippen molar-refractivity contribution in [3.05, 3.63) is 33.3 Å². The summed E-state index contributed by atoms with van der Waals surface area (Å²) in [5, 5.41) is 0.675. The number of carbonyl (C=O) groups excluding carboxylic acids is 1. The second kappa shape index (κ2) is 6.18. The molecule has 1 aromatic rings. The van der Waals surface area contributed by atoms with Gasteiger partial charge in [-0.2, -0.15) is 0 Å². The van der Waals surface area contributed by atoms with Crippen molar-refractivity contribution in [1.82, 2.24) is 0 Å². The van der Waals surface area contributed by atoms with Crippen LogP contribution in [0.5, 0.6) is 0 Å². The molecule has 0 aliphatic carbocycles. The lowest BCUT2D eigenvalue weighted by Crippen LogP contribution is -2.21. The van der Waals surface area contributed by atoms with Gasteiger partial charge in [-0.15, -0.1) is 0 Å². The van der Waals surface area contributed by atoms with Crippen LogP contribution in [0.4, 0.5) is 0 Å². The summed E-state index contributed by atoms with van der Waals surface area (Å²) in [4.78, 5) is 11.6. The molecule has 0 aromatic heterocycles. The van der Waals surface area contributed by atoms with Crippen LogP contribution in [0.2, 0.25) is 5.02 Å². The third-order valence-corrected chi connectivity index (χ3v) is 4.56. The van der Waals surface area contributed by atoms with E-state index in [1.54, 1.807) is 0 Å². The first kappa shape index (κ1) is 14.2. The van der Waals surface area contributed by atoms with E-state index in [1.165, 1.54) is 0 Å². The molecule has 1 aromatic carbocycles. The van der Waals surface area contributed by atoms with E-state index in [0.717, 1.165) is 10.0 Å². The van der Waals surface area contributed by atoms with Crippen LogP contribution >= 0.6 is 43.5 Å². The minimum Gasteiger partial charge on any atom is -0.298 e. The summed E-state index contributed by atoms with van der Waals surface area (Å²) in [6.45, 7) is 3.81. The van der Waals surface area contributed by atoms with E-state index >= 15 is 0 Å². The Hall–Kier alpha value is 0.140. The molecule has 1 rings (SSSR count). The van der Waals surface area contributed by atoms with Crippen molar-refractivity contribution in [2.24, 2.45) is 5.92 Å². The Morgan fingerprint density at radius 1 is 1.44 bits per heavy atom. The second-order valence-corrected chi connectivity index (χ2v) is 6.25. The van der Waals surface area contributed by atoms with Crippen LogP contribution in [0.1, 0.15) is 19.4 Å². The van der Waals surface area contributed by atoms with Gasteiger partial charge >= 0.3 is 0 Å². The summed E-state index contributed by atoms with van der Waals surface area (Å²) in [5.41, 5.74) is 1.04. The van der Waals surface area contributed by atoms with Crippen molar-refractivity contribution < 1.29 is 4.79 Å². The van der Waals surface area contributed by atoms with E-state index in [-0.39, 0.29) is 16.5 Å². The molecule has 1 unspecified atom stereocenters. The van der Waals surface area contributed by atoms with Crippen LogP contribution in [0, 0.1) is 5.92 Å². The zero-order valence-corrected chi connectivity index (χ0v) is 13.1. The Morgan fingerprint density at radius 3 is 2.62 bits per heavy atom. The quantitative estimate of drug-likeness (QED) is 0.708. The highest BCUT2D eigenvalue weighted by Crippen LogP contribution is 2.28. The number of Topliss-reactive ketones (excluding diaryl/α,β-unsaturated/α-hetero) is 1. The Morgan fingerprint density at radius 2 is 2.06 bits per heavy atom. The number of alkyl halides is 1.